The lowest BCUT2D eigenvalue weighted by Crippen LogP contribution is -2.27. The molecule has 4 rings (SSSR count). The summed E-state index contributed by atoms with van der Waals surface area (Å²) >= 11 is 5.85. The number of aryl methyl sites for hydroxylation is 1. The van der Waals surface area contributed by atoms with Crippen LogP contribution in [0.15, 0.2) is 77.7 Å². The van der Waals surface area contributed by atoms with Crippen LogP contribution < -0.4 is 4.72 Å². The molecule has 0 amide bonds. The summed E-state index contributed by atoms with van der Waals surface area (Å²) in [5.74, 6) is 0.817. The van der Waals surface area contributed by atoms with Crippen molar-refractivity contribution < 1.29 is 8.42 Å². The van der Waals surface area contributed by atoms with Crippen molar-refractivity contribution in [2.75, 3.05) is 6.54 Å². The van der Waals surface area contributed by atoms with Gasteiger partial charge in [0.2, 0.25) is 10.0 Å². The molecule has 0 aliphatic carbocycles. The number of hydrogen-bond acceptors (Lipinski definition) is 3. The molecule has 1 N–H and O–H groups in total. The van der Waals surface area contributed by atoms with Crippen molar-refractivity contribution in [3.63, 3.8) is 0 Å². The van der Waals surface area contributed by atoms with Gasteiger partial charge in [0.25, 0.3) is 0 Å². The van der Waals surface area contributed by atoms with Gasteiger partial charge >= 0.3 is 0 Å². The zero-order chi connectivity index (χ0) is 20.4. The number of nitrogens with one attached hydrogen (secondary N) is 1. The summed E-state index contributed by atoms with van der Waals surface area (Å²) in [4.78, 5) is 4.96. The minimum Gasteiger partial charge on any atom is -0.323 e. The quantitative estimate of drug-likeness (QED) is 0.489. The number of nitrogens with zero attached hydrogens (tertiary/aromatic N) is 2. The van der Waals surface area contributed by atoms with Gasteiger partial charge in [0.15, 0.2) is 0 Å². The van der Waals surface area contributed by atoms with E-state index < -0.39 is 10.0 Å². The topological polar surface area (TPSA) is 64.0 Å². The summed E-state index contributed by atoms with van der Waals surface area (Å²) in [6, 6.07) is 22.1. The van der Waals surface area contributed by atoms with Gasteiger partial charge in [-0.3, -0.25) is 0 Å². The van der Waals surface area contributed by atoms with Gasteiger partial charge in [-0.1, -0.05) is 53.6 Å². The molecule has 1 heterocycles. The first-order valence-electron chi connectivity index (χ1n) is 9.21. The fraction of sp³-hybridized carbons (Fsp3) is 0.136. The van der Waals surface area contributed by atoms with Crippen molar-refractivity contribution in [2.24, 2.45) is 0 Å². The molecule has 0 aliphatic rings. The Labute approximate surface area is 175 Å². The van der Waals surface area contributed by atoms with Crippen LogP contribution in [0.5, 0.6) is 0 Å². The Bertz CT molecular complexity index is 1250. The average Bonchev–Trinajstić information content (AvgIpc) is 3.07. The second-order valence-corrected chi connectivity index (χ2v) is 9.00. The van der Waals surface area contributed by atoms with E-state index in [1.54, 1.807) is 12.1 Å². The third kappa shape index (κ3) is 4.19. The summed E-state index contributed by atoms with van der Waals surface area (Å²) in [5.41, 5.74) is 4.01. The number of sulfonamides is 1. The number of para-hydroxylation sites is 2. The second kappa shape index (κ2) is 7.99. The molecule has 0 saturated carbocycles. The van der Waals surface area contributed by atoms with E-state index in [1.165, 1.54) is 17.7 Å². The minimum atomic E-state index is -3.61. The molecule has 148 valence electrons. The average molecular weight is 426 g/mol. The summed E-state index contributed by atoms with van der Waals surface area (Å²) in [7, 11) is -3.61. The van der Waals surface area contributed by atoms with Gasteiger partial charge in [-0.2, -0.15) is 0 Å². The van der Waals surface area contributed by atoms with E-state index in [-0.39, 0.29) is 11.4 Å². The molecule has 0 saturated heterocycles. The summed E-state index contributed by atoms with van der Waals surface area (Å²) in [6.07, 6.45) is 0. The molecule has 0 spiro atoms. The molecular weight excluding hydrogens is 406 g/mol. The van der Waals surface area contributed by atoms with Crippen LogP contribution in [0, 0.1) is 6.92 Å². The highest BCUT2D eigenvalue weighted by Crippen LogP contribution is 2.25. The number of fused-ring (bicyclic) bond motifs is 1. The predicted octanol–water partition coefficient (Wildman–Crippen LogP) is 4.64. The van der Waals surface area contributed by atoms with Crippen LogP contribution in [0.1, 0.15) is 5.56 Å². The maximum absolute atomic E-state index is 12.5. The van der Waals surface area contributed by atoms with Gasteiger partial charge < -0.3 is 4.57 Å². The van der Waals surface area contributed by atoms with E-state index in [0.717, 1.165) is 22.4 Å². The maximum Gasteiger partial charge on any atom is 0.240 e. The molecule has 0 unspecified atom stereocenters. The van der Waals surface area contributed by atoms with Crippen molar-refractivity contribution in [1.29, 1.82) is 0 Å². The van der Waals surface area contributed by atoms with Crippen molar-refractivity contribution in [3.8, 4) is 11.4 Å². The minimum absolute atomic E-state index is 0.191. The molecule has 29 heavy (non-hydrogen) atoms. The highest BCUT2D eigenvalue weighted by molar-refractivity contribution is 7.89. The fourth-order valence-corrected chi connectivity index (χ4v) is 4.36. The zero-order valence-corrected chi connectivity index (χ0v) is 17.4. The Kier molecular flexibility index (Phi) is 5.41. The van der Waals surface area contributed by atoms with E-state index >= 15 is 0 Å². The second-order valence-electron chi connectivity index (χ2n) is 6.79. The molecular formula is C22H20ClN3O2S. The number of aromatic nitrogens is 2. The van der Waals surface area contributed by atoms with Crippen LogP contribution in [0.2, 0.25) is 5.02 Å². The third-order valence-electron chi connectivity index (χ3n) is 4.72. The Morgan fingerprint density at radius 1 is 0.966 bits per heavy atom. The standard InChI is InChI=1S/C22H20ClN3O2S/c1-16-6-8-17(9-7-16)22-25-20-4-2-3-5-21(20)26(22)15-14-24-29(27,28)19-12-10-18(23)11-13-19/h2-13,24H,14-15H2,1H3. The number of imidazole rings is 1. The highest BCUT2D eigenvalue weighted by atomic mass is 35.5. The van der Waals surface area contributed by atoms with E-state index in [0.29, 0.717) is 11.6 Å². The fourth-order valence-electron chi connectivity index (χ4n) is 3.21. The van der Waals surface area contributed by atoms with E-state index in [2.05, 4.69) is 4.72 Å². The number of halogens is 1. The molecule has 5 nitrogen and oxygen atoms in total. The van der Waals surface area contributed by atoms with E-state index in [4.69, 9.17) is 16.6 Å². The number of benzene rings is 3. The molecule has 4 aromatic rings. The van der Waals surface area contributed by atoms with Crippen LogP contribution in [0.25, 0.3) is 22.4 Å². The summed E-state index contributed by atoms with van der Waals surface area (Å²) in [5, 5.41) is 0.497. The molecule has 0 radical (unpaired) electrons. The van der Waals surface area contributed by atoms with Crippen LogP contribution in [-0.2, 0) is 16.6 Å². The van der Waals surface area contributed by atoms with Crippen molar-refractivity contribution in [3.05, 3.63) is 83.4 Å². The lowest BCUT2D eigenvalue weighted by molar-refractivity contribution is 0.574. The van der Waals surface area contributed by atoms with Gasteiger partial charge in [0, 0.05) is 23.7 Å². The summed E-state index contributed by atoms with van der Waals surface area (Å²) < 4.78 is 29.8. The first-order valence-corrected chi connectivity index (χ1v) is 11.1. The molecule has 0 atom stereocenters. The van der Waals surface area contributed by atoms with Gasteiger partial charge in [-0.15, -0.1) is 0 Å². The number of rotatable bonds is 6. The first-order chi connectivity index (χ1) is 13.9. The zero-order valence-electron chi connectivity index (χ0n) is 15.8. The SMILES string of the molecule is Cc1ccc(-c2nc3ccccc3n2CCNS(=O)(=O)c2ccc(Cl)cc2)cc1. The number of hydrogen-bond donors (Lipinski definition) is 1. The van der Waals surface area contributed by atoms with Crippen LogP contribution >= 0.6 is 11.6 Å². The van der Waals surface area contributed by atoms with Crippen LogP contribution in [0.4, 0.5) is 0 Å². The lowest BCUT2D eigenvalue weighted by Gasteiger charge is -2.11. The van der Waals surface area contributed by atoms with Gasteiger partial charge in [-0.05, 0) is 43.3 Å². The molecule has 0 bridgehead atoms. The Hall–Kier alpha value is -2.67. The monoisotopic (exact) mass is 425 g/mol. The molecule has 0 aliphatic heterocycles. The Balaban J connectivity index is 1.61. The highest BCUT2D eigenvalue weighted by Gasteiger charge is 2.16. The van der Waals surface area contributed by atoms with Crippen LogP contribution in [-0.4, -0.2) is 24.5 Å². The van der Waals surface area contributed by atoms with Crippen molar-refractivity contribution >= 4 is 32.7 Å². The predicted molar refractivity (Wildman–Crippen MR) is 117 cm³/mol. The molecule has 0 fully saturated rings. The molecule has 7 heteroatoms. The Morgan fingerprint density at radius 3 is 2.38 bits per heavy atom. The van der Waals surface area contributed by atoms with Crippen LogP contribution in [0.3, 0.4) is 0 Å². The Morgan fingerprint density at radius 2 is 1.66 bits per heavy atom. The van der Waals surface area contributed by atoms with E-state index in [9.17, 15) is 8.42 Å². The van der Waals surface area contributed by atoms with E-state index in [1.807, 2.05) is 60.0 Å². The van der Waals surface area contributed by atoms with Crippen molar-refractivity contribution in [1.82, 2.24) is 14.3 Å². The summed E-state index contributed by atoms with van der Waals surface area (Å²) in [6.45, 7) is 2.74. The maximum atomic E-state index is 12.5. The molecule has 3 aromatic carbocycles. The van der Waals surface area contributed by atoms with Gasteiger partial charge in [0.05, 0.1) is 15.9 Å². The first kappa shape index (κ1) is 19.6. The van der Waals surface area contributed by atoms with Crippen molar-refractivity contribution in [2.45, 2.75) is 18.4 Å². The molecule has 1 aromatic heterocycles. The third-order valence-corrected chi connectivity index (χ3v) is 6.44. The van der Waals surface area contributed by atoms with Gasteiger partial charge in [-0.25, -0.2) is 18.1 Å². The lowest BCUT2D eigenvalue weighted by atomic mass is 10.1. The smallest absolute Gasteiger partial charge is 0.240 e. The normalized spacial score (nSPS) is 11.8. The van der Waals surface area contributed by atoms with Gasteiger partial charge in [0.1, 0.15) is 5.82 Å². The largest absolute Gasteiger partial charge is 0.323 e.